The van der Waals surface area contributed by atoms with Crippen LogP contribution >= 0.6 is 0 Å². The average Bonchev–Trinajstić information content (AvgIpc) is 2.19. The number of halogens is 3. The minimum absolute atomic E-state index is 0.0108. The van der Waals surface area contributed by atoms with E-state index in [0.717, 1.165) is 6.20 Å². The Morgan fingerprint density at radius 2 is 2.07 bits per heavy atom. The van der Waals surface area contributed by atoms with Gasteiger partial charge in [-0.2, -0.15) is 14.9 Å². The topological polar surface area (TPSA) is 60.5 Å². The third-order valence-electron chi connectivity index (χ3n) is 1.75. The number of hydrogen-bond donors (Lipinski definition) is 0. The number of rotatable bonds is 2. The lowest BCUT2D eigenvalue weighted by molar-refractivity contribution is 0.144. The Bertz CT molecular complexity index is 457. The summed E-state index contributed by atoms with van der Waals surface area (Å²) in [6, 6.07) is 3.15. The molecule has 0 aromatic carbocycles. The SMILES string of the molecule is N#CCc1cnc(F)c(C(F)F)c1C#N. The molecule has 0 fully saturated rings. The van der Waals surface area contributed by atoms with Crippen LogP contribution in [-0.4, -0.2) is 4.98 Å². The molecule has 0 aliphatic heterocycles. The minimum atomic E-state index is -3.12. The van der Waals surface area contributed by atoms with E-state index in [1.807, 2.05) is 0 Å². The number of nitrogens with zero attached hydrogens (tertiary/aromatic N) is 3. The van der Waals surface area contributed by atoms with Gasteiger partial charge in [0.2, 0.25) is 5.95 Å². The highest BCUT2D eigenvalue weighted by Crippen LogP contribution is 2.26. The van der Waals surface area contributed by atoms with Crippen LogP contribution in [0.4, 0.5) is 13.2 Å². The molecule has 0 radical (unpaired) electrons. The number of hydrogen-bond acceptors (Lipinski definition) is 3. The van der Waals surface area contributed by atoms with Crippen LogP contribution in [0, 0.1) is 28.6 Å². The molecule has 3 nitrogen and oxygen atoms in total. The zero-order chi connectivity index (χ0) is 11.4. The highest BCUT2D eigenvalue weighted by molar-refractivity contribution is 5.44. The van der Waals surface area contributed by atoms with E-state index in [2.05, 4.69) is 4.98 Å². The van der Waals surface area contributed by atoms with Gasteiger partial charge in [-0.3, -0.25) is 0 Å². The Morgan fingerprint density at radius 3 is 2.53 bits per heavy atom. The Morgan fingerprint density at radius 1 is 1.40 bits per heavy atom. The lowest BCUT2D eigenvalue weighted by Crippen LogP contribution is -2.03. The molecule has 0 atom stereocenters. The van der Waals surface area contributed by atoms with Gasteiger partial charge in [0, 0.05) is 11.8 Å². The average molecular weight is 211 g/mol. The van der Waals surface area contributed by atoms with Crippen LogP contribution in [0.2, 0.25) is 0 Å². The van der Waals surface area contributed by atoms with Crippen LogP contribution in [0.15, 0.2) is 6.20 Å². The Hall–Kier alpha value is -2.08. The predicted octanol–water partition coefficient (Wildman–Crippen LogP) is 2.10. The van der Waals surface area contributed by atoms with E-state index >= 15 is 0 Å². The van der Waals surface area contributed by atoms with Crippen molar-refractivity contribution in [2.75, 3.05) is 0 Å². The molecule has 0 bridgehead atoms. The summed E-state index contributed by atoms with van der Waals surface area (Å²) in [5.74, 6) is -1.37. The molecule has 0 spiro atoms. The summed E-state index contributed by atoms with van der Waals surface area (Å²) in [4.78, 5) is 3.08. The summed E-state index contributed by atoms with van der Waals surface area (Å²) in [5, 5.41) is 17.0. The van der Waals surface area contributed by atoms with Crippen LogP contribution in [0.5, 0.6) is 0 Å². The van der Waals surface area contributed by atoms with E-state index in [-0.39, 0.29) is 12.0 Å². The molecule has 6 heteroatoms. The second-order valence-corrected chi connectivity index (χ2v) is 2.61. The van der Waals surface area contributed by atoms with Gasteiger partial charge in [0.05, 0.1) is 23.6 Å². The van der Waals surface area contributed by atoms with Crippen LogP contribution in [0.3, 0.4) is 0 Å². The van der Waals surface area contributed by atoms with Gasteiger partial charge in [0.1, 0.15) is 6.07 Å². The van der Waals surface area contributed by atoms with Crippen LogP contribution in [-0.2, 0) is 6.42 Å². The smallest absolute Gasteiger partial charge is 0.227 e. The van der Waals surface area contributed by atoms with Crippen molar-refractivity contribution in [2.24, 2.45) is 0 Å². The summed E-state index contributed by atoms with van der Waals surface area (Å²) in [5.41, 5.74) is -1.53. The van der Waals surface area contributed by atoms with Gasteiger partial charge in [0.25, 0.3) is 6.43 Å². The summed E-state index contributed by atoms with van der Waals surface area (Å²) in [6.07, 6.45) is -2.45. The van der Waals surface area contributed by atoms with Gasteiger partial charge in [-0.1, -0.05) is 0 Å². The fraction of sp³-hybridized carbons (Fsp3) is 0.222. The lowest BCUT2D eigenvalue weighted by Gasteiger charge is -2.06. The summed E-state index contributed by atoms with van der Waals surface area (Å²) in [6.45, 7) is 0. The first-order chi connectivity index (χ1) is 7.11. The van der Waals surface area contributed by atoms with Crippen molar-refractivity contribution >= 4 is 0 Å². The van der Waals surface area contributed by atoms with Crippen LogP contribution in [0.25, 0.3) is 0 Å². The fourth-order valence-corrected chi connectivity index (χ4v) is 1.10. The molecular weight excluding hydrogens is 207 g/mol. The fourth-order valence-electron chi connectivity index (χ4n) is 1.10. The number of aromatic nitrogens is 1. The van der Waals surface area contributed by atoms with E-state index in [4.69, 9.17) is 10.5 Å². The highest BCUT2D eigenvalue weighted by atomic mass is 19.3. The molecule has 1 aromatic heterocycles. The van der Waals surface area contributed by atoms with Gasteiger partial charge < -0.3 is 0 Å². The van der Waals surface area contributed by atoms with E-state index in [1.54, 1.807) is 6.07 Å². The minimum Gasteiger partial charge on any atom is -0.227 e. The van der Waals surface area contributed by atoms with E-state index in [1.165, 1.54) is 6.07 Å². The zero-order valence-corrected chi connectivity index (χ0v) is 7.34. The Labute approximate surface area is 83.4 Å². The summed E-state index contributed by atoms with van der Waals surface area (Å²) < 4.78 is 37.6. The van der Waals surface area contributed by atoms with Gasteiger partial charge in [-0.25, -0.2) is 13.8 Å². The summed E-state index contributed by atoms with van der Waals surface area (Å²) >= 11 is 0. The number of nitriles is 2. The molecule has 15 heavy (non-hydrogen) atoms. The van der Waals surface area contributed by atoms with E-state index < -0.39 is 23.5 Å². The van der Waals surface area contributed by atoms with E-state index in [0.29, 0.717) is 0 Å². The first-order valence-corrected chi connectivity index (χ1v) is 3.84. The molecular formula is C9H4F3N3. The van der Waals surface area contributed by atoms with Gasteiger partial charge in [-0.05, 0) is 0 Å². The Kier molecular flexibility index (Phi) is 3.25. The predicted molar refractivity (Wildman–Crippen MR) is 43.2 cm³/mol. The van der Waals surface area contributed by atoms with Crippen LogP contribution < -0.4 is 0 Å². The maximum absolute atomic E-state index is 12.9. The van der Waals surface area contributed by atoms with Crippen molar-refractivity contribution in [3.8, 4) is 12.1 Å². The molecule has 0 aliphatic carbocycles. The largest absolute Gasteiger partial charge is 0.269 e. The second-order valence-electron chi connectivity index (χ2n) is 2.61. The third-order valence-corrected chi connectivity index (χ3v) is 1.75. The maximum atomic E-state index is 12.9. The van der Waals surface area contributed by atoms with Gasteiger partial charge in [-0.15, -0.1) is 0 Å². The van der Waals surface area contributed by atoms with Gasteiger partial charge >= 0.3 is 0 Å². The van der Waals surface area contributed by atoms with Crippen molar-refractivity contribution in [3.63, 3.8) is 0 Å². The highest BCUT2D eigenvalue weighted by Gasteiger charge is 2.22. The van der Waals surface area contributed by atoms with Crippen molar-refractivity contribution < 1.29 is 13.2 Å². The number of alkyl halides is 2. The molecule has 0 aliphatic rings. The Balaban J connectivity index is 3.43. The maximum Gasteiger partial charge on any atom is 0.269 e. The van der Waals surface area contributed by atoms with Gasteiger partial charge in [0.15, 0.2) is 0 Å². The molecule has 0 N–H and O–H groups in total. The molecule has 0 unspecified atom stereocenters. The molecule has 1 rings (SSSR count). The molecule has 1 heterocycles. The third kappa shape index (κ3) is 2.05. The van der Waals surface area contributed by atoms with Crippen molar-refractivity contribution in [3.05, 3.63) is 28.8 Å². The monoisotopic (exact) mass is 211 g/mol. The van der Waals surface area contributed by atoms with E-state index in [9.17, 15) is 13.2 Å². The lowest BCUT2D eigenvalue weighted by atomic mass is 10.0. The van der Waals surface area contributed by atoms with Crippen LogP contribution in [0.1, 0.15) is 23.1 Å². The molecule has 1 aromatic rings. The second kappa shape index (κ2) is 4.43. The summed E-state index contributed by atoms with van der Waals surface area (Å²) in [7, 11) is 0. The van der Waals surface area contributed by atoms with Crippen molar-refractivity contribution in [1.29, 1.82) is 10.5 Å². The normalized spacial score (nSPS) is 9.73. The zero-order valence-electron chi connectivity index (χ0n) is 7.34. The quantitative estimate of drug-likeness (QED) is 0.703. The standard InChI is InChI=1S/C9H4F3N3/c10-8(11)7-6(3-14)5(1-2-13)4-15-9(7)12/h4,8H,1H2. The first kappa shape index (κ1) is 11.0. The van der Waals surface area contributed by atoms with Crippen molar-refractivity contribution in [2.45, 2.75) is 12.8 Å². The van der Waals surface area contributed by atoms with Crippen molar-refractivity contribution in [1.82, 2.24) is 4.98 Å². The molecule has 0 amide bonds. The molecule has 0 saturated carbocycles. The molecule has 76 valence electrons. The first-order valence-electron chi connectivity index (χ1n) is 3.84. The number of pyridine rings is 1. The molecule has 0 saturated heterocycles.